The molecule has 1 saturated heterocycles. The van der Waals surface area contributed by atoms with Gasteiger partial charge in [-0.25, -0.2) is 0 Å². The van der Waals surface area contributed by atoms with Crippen molar-refractivity contribution in [2.45, 2.75) is 32.2 Å². The van der Waals surface area contributed by atoms with E-state index in [1.807, 2.05) is 0 Å². The van der Waals surface area contributed by atoms with E-state index in [-0.39, 0.29) is 0 Å². The van der Waals surface area contributed by atoms with Crippen LogP contribution in [0.15, 0.2) is 72.4 Å². The van der Waals surface area contributed by atoms with Crippen LogP contribution in [0.1, 0.15) is 30.4 Å². The van der Waals surface area contributed by atoms with Crippen LogP contribution in [0, 0.1) is 5.92 Å². The second kappa shape index (κ2) is 8.55. The molecular formula is C24H30N2. The molecule has 1 atom stereocenters. The Morgan fingerprint density at radius 3 is 2.04 bits per heavy atom. The molecule has 1 aliphatic heterocycles. The Hall–Kier alpha value is -2.06. The normalized spacial score (nSPS) is 21.5. The highest BCUT2D eigenvalue weighted by molar-refractivity contribution is 5.17. The minimum atomic E-state index is 0.820. The molecular weight excluding hydrogens is 316 g/mol. The fourth-order valence-corrected chi connectivity index (χ4v) is 4.33. The summed E-state index contributed by atoms with van der Waals surface area (Å²) < 4.78 is 0. The van der Waals surface area contributed by atoms with Crippen molar-refractivity contribution in [3.63, 3.8) is 0 Å². The smallest absolute Gasteiger partial charge is 0.0303 e. The summed E-state index contributed by atoms with van der Waals surface area (Å²) in [4.78, 5) is 5.23. The van der Waals surface area contributed by atoms with Gasteiger partial charge in [0, 0.05) is 38.4 Å². The number of rotatable bonds is 5. The zero-order valence-corrected chi connectivity index (χ0v) is 15.7. The summed E-state index contributed by atoms with van der Waals surface area (Å²) in [6, 6.07) is 21.8. The Morgan fingerprint density at radius 1 is 0.769 bits per heavy atom. The van der Waals surface area contributed by atoms with Crippen molar-refractivity contribution in [2.75, 3.05) is 26.2 Å². The molecule has 1 fully saturated rings. The van der Waals surface area contributed by atoms with Gasteiger partial charge in [0.15, 0.2) is 0 Å². The Labute approximate surface area is 158 Å². The lowest BCUT2D eigenvalue weighted by atomic mass is 9.87. The molecule has 0 amide bonds. The van der Waals surface area contributed by atoms with Crippen molar-refractivity contribution in [3.8, 4) is 0 Å². The maximum absolute atomic E-state index is 2.64. The van der Waals surface area contributed by atoms with Gasteiger partial charge in [-0.3, -0.25) is 4.90 Å². The van der Waals surface area contributed by atoms with Crippen LogP contribution in [0.4, 0.5) is 0 Å². The molecule has 1 unspecified atom stereocenters. The van der Waals surface area contributed by atoms with Crippen LogP contribution in [-0.4, -0.2) is 36.0 Å². The van der Waals surface area contributed by atoms with Crippen molar-refractivity contribution in [1.82, 2.24) is 9.80 Å². The first kappa shape index (κ1) is 17.4. The maximum Gasteiger partial charge on any atom is 0.0303 e. The number of hydrogen-bond donors (Lipinski definition) is 0. The number of hydrogen-bond acceptors (Lipinski definition) is 2. The number of benzene rings is 2. The third-order valence-electron chi connectivity index (χ3n) is 5.89. The third-order valence-corrected chi connectivity index (χ3v) is 5.89. The van der Waals surface area contributed by atoms with Gasteiger partial charge in [0.25, 0.3) is 0 Å². The van der Waals surface area contributed by atoms with Crippen LogP contribution in [0.5, 0.6) is 0 Å². The van der Waals surface area contributed by atoms with Gasteiger partial charge in [-0.2, -0.15) is 0 Å². The van der Waals surface area contributed by atoms with Crippen LogP contribution in [0.25, 0.3) is 0 Å². The molecule has 2 nitrogen and oxygen atoms in total. The zero-order valence-electron chi connectivity index (χ0n) is 15.7. The average Bonchev–Trinajstić information content (AvgIpc) is 2.71. The molecule has 2 aromatic carbocycles. The van der Waals surface area contributed by atoms with Crippen molar-refractivity contribution >= 4 is 0 Å². The summed E-state index contributed by atoms with van der Waals surface area (Å²) in [5, 5.41) is 0. The van der Waals surface area contributed by atoms with E-state index in [1.165, 1.54) is 63.0 Å². The molecule has 2 aromatic rings. The van der Waals surface area contributed by atoms with Gasteiger partial charge >= 0.3 is 0 Å². The SMILES string of the molecule is C1=C(N2CCN(Cc3ccccc3)CC2)CCC(Cc2ccccc2)C1. The van der Waals surface area contributed by atoms with Crippen LogP contribution in [0.3, 0.4) is 0 Å². The highest BCUT2D eigenvalue weighted by atomic mass is 15.3. The Bertz CT molecular complexity index is 700. The average molecular weight is 347 g/mol. The summed E-state index contributed by atoms with van der Waals surface area (Å²) in [5.41, 5.74) is 4.53. The number of allylic oxidation sites excluding steroid dienone is 2. The quantitative estimate of drug-likeness (QED) is 0.772. The summed E-state index contributed by atoms with van der Waals surface area (Å²) >= 11 is 0. The molecule has 136 valence electrons. The fraction of sp³-hybridized carbons (Fsp3) is 0.417. The zero-order chi connectivity index (χ0) is 17.6. The van der Waals surface area contributed by atoms with Crippen molar-refractivity contribution < 1.29 is 0 Å². The molecule has 0 saturated carbocycles. The summed E-state index contributed by atoms with van der Waals surface area (Å²) in [5.74, 6) is 0.820. The monoisotopic (exact) mass is 346 g/mol. The highest BCUT2D eigenvalue weighted by Crippen LogP contribution is 2.29. The van der Waals surface area contributed by atoms with E-state index in [0.717, 1.165) is 12.5 Å². The minimum absolute atomic E-state index is 0.820. The van der Waals surface area contributed by atoms with Crippen molar-refractivity contribution in [3.05, 3.63) is 83.6 Å². The first-order chi connectivity index (χ1) is 12.9. The first-order valence-electron chi connectivity index (χ1n) is 10.1. The molecule has 1 aliphatic carbocycles. The highest BCUT2D eigenvalue weighted by Gasteiger charge is 2.22. The van der Waals surface area contributed by atoms with E-state index in [9.17, 15) is 0 Å². The second-order valence-corrected chi connectivity index (χ2v) is 7.77. The predicted octanol–water partition coefficient (Wildman–Crippen LogP) is 4.73. The van der Waals surface area contributed by atoms with E-state index in [0.29, 0.717) is 0 Å². The van der Waals surface area contributed by atoms with Crippen molar-refractivity contribution in [1.29, 1.82) is 0 Å². The van der Waals surface area contributed by atoms with Gasteiger partial charge in [-0.05, 0) is 42.7 Å². The van der Waals surface area contributed by atoms with E-state index in [4.69, 9.17) is 0 Å². The Balaban J connectivity index is 1.25. The minimum Gasteiger partial charge on any atom is -0.373 e. The van der Waals surface area contributed by atoms with Gasteiger partial charge in [0.05, 0.1) is 0 Å². The van der Waals surface area contributed by atoms with Gasteiger partial charge in [-0.15, -0.1) is 0 Å². The molecule has 0 bridgehead atoms. The lowest BCUT2D eigenvalue weighted by Crippen LogP contribution is -2.45. The van der Waals surface area contributed by atoms with Crippen LogP contribution < -0.4 is 0 Å². The molecule has 1 heterocycles. The lowest BCUT2D eigenvalue weighted by Gasteiger charge is -2.39. The molecule has 4 rings (SSSR count). The van der Waals surface area contributed by atoms with Gasteiger partial charge in [0.2, 0.25) is 0 Å². The standard InChI is InChI=1S/C24H30N2/c1-3-7-21(8-4-1)19-22-11-13-24(14-12-22)26-17-15-25(16-18-26)20-23-9-5-2-6-10-23/h1-10,13,22H,11-12,14-20H2. The first-order valence-corrected chi connectivity index (χ1v) is 10.1. The molecule has 2 heteroatoms. The van der Waals surface area contributed by atoms with E-state index in [1.54, 1.807) is 5.70 Å². The van der Waals surface area contributed by atoms with Gasteiger partial charge in [0.1, 0.15) is 0 Å². The van der Waals surface area contributed by atoms with E-state index < -0.39 is 0 Å². The Morgan fingerprint density at radius 2 is 1.42 bits per heavy atom. The molecule has 2 aliphatic rings. The third kappa shape index (κ3) is 4.56. The number of nitrogens with zero attached hydrogens (tertiary/aromatic N) is 2. The second-order valence-electron chi connectivity index (χ2n) is 7.77. The van der Waals surface area contributed by atoms with E-state index in [2.05, 4.69) is 76.5 Å². The number of piperazine rings is 1. The van der Waals surface area contributed by atoms with Crippen molar-refractivity contribution in [2.24, 2.45) is 5.92 Å². The summed E-state index contributed by atoms with van der Waals surface area (Å²) in [6.07, 6.45) is 7.61. The van der Waals surface area contributed by atoms with Crippen LogP contribution >= 0.6 is 0 Å². The molecule has 0 radical (unpaired) electrons. The molecule has 0 N–H and O–H groups in total. The summed E-state index contributed by atoms with van der Waals surface area (Å²) in [6.45, 7) is 5.82. The largest absolute Gasteiger partial charge is 0.373 e. The van der Waals surface area contributed by atoms with Gasteiger partial charge < -0.3 is 4.90 Å². The Kier molecular flexibility index (Phi) is 5.71. The van der Waals surface area contributed by atoms with Crippen LogP contribution in [-0.2, 0) is 13.0 Å². The fourth-order valence-electron chi connectivity index (χ4n) is 4.33. The topological polar surface area (TPSA) is 6.48 Å². The van der Waals surface area contributed by atoms with Crippen LogP contribution in [0.2, 0.25) is 0 Å². The maximum atomic E-state index is 2.64. The lowest BCUT2D eigenvalue weighted by molar-refractivity contribution is 0.146. The molecule has 26 heavy (non-hydrogen) atoms. The summed E-state index contributed by atoms with van der Waals surface area (Å²) in [7, 11) is 0. The predicted molar refractivity (Wildman–Crippen MR) is 109 cm³/mol. The van der Waals surface area contributed by atoms with Gasteiger partial charge in [-0.1, -0.05) is 66.7 Å². The van der Waals surface area contributed by atoms with E-state index >= 15 is 0 Å². The molecule has 0 aromatic heterocycles. The molecule has 0 spiro atoms.